The van der Waals surface area contributed by atoms with Crippen molar-refractivity contribution < 1.29 is 24.6 Å². The number of carbonyl (C=O) groups excluding carboxylic acids is 1. The molecule has 32 heavy (non-hydrogen) atoms. The summed E-state index contributed by atoms with van der Waals surface area (Å²) in [5.41, 5.74) is 6.12. The number of nitrogens with zero attached hydrogens (tertiary/aromatic N) is 1. The van der Waals surface area contributed by atoms with Crippen molar-refractivity contribution in [1.82, 2.24) is 0 Å². The van der Waals surface area contributed by atoms with Gasteiger partial charge in [-0.2, -0.15) is 0 Å². The zero-order valence-corrected chi connectivity index (χ0v) is 19.1. The van der Waals surface area contributed by atoms with Crippen LogP contribution in [-0.4, -0.2) is 29.3 Å². The van der Waals surface area contributed by atoms with Crippen LogP contribution in [0.1, 0.15) is 78.5 Å². The summed E-state index contributed by atoms with van der Waals surface area (Å²) in [5, 5.41) is 22.8. The average Bonchev–Trinajstić information content (AvgIpc) is 3.15. The molecule has 1 heterocycles. The second-order valence-corrected chi connectivity index (χ2v) is 8.50. The van der Waals surface area contributed by atoms with Crippen LogP contribution in [0.4, 0.5) is 5.69 Å². The van der Waals surface area contributed by atoms with E-state index in [1.807, 2.05) is 13.8 Å². The minimum absolute atomic E-state index is 0.0298. The Morgan fingerprint density at radius 3 is 2.47 bits per heavy atom. The molecule has 0 fully saturated rings. The summed E-state index contributed by atoms with van der Waals surface area (Å²) < 4.78 is 6.08. The number of anilines is 1. The van der Waals surface area contributed by atoms with Gasteiger partial charge in [0.15, 0.2) is 0 Å². The van der Waals surface area contributed by atoms with Crippen molar-refractivity contribution in [2.24, 2.45) is 0 Å². The maximum Gasteiger partial charge on any atom is 0.294 e. The number of nitrogens with one attached hydrogen (secondary N) is 1. The van der Waals surface area contributed by atoms with E-state index in [2.05, 4.69) is 48.3 Å². The van der Waals surface area contributed by atoms with Gasteiger partial charge in [0.25, 0.3) is 5.09 Å². The van der Waals surface area contributed by atoms with Gasteiger partial charge in [-0.3, -0.25) is 4.79 Å². The molecule has 2 N–H and O–H groups in total. The SMILES string of the molecule is Cc1c(NC(=O)CCO[N+](=O)[O-])c(C)c([C@@H](C)O)c2c1C(c1ccc(C(C)C)cc1)CO2. The highest BCUT2D eigenvalue weighted by Crippen LogP contribution is 2.49. The minimum Gasteiger partial charge on any atom is -0.492 e. The fourth-order valence-corrected chi connectivity index (χ4v) is 4.34. The Morgan fingerprint density at radius 1 is 1.25 bits per heavy atom. The molecule has 8 heteroatoms. The van der Waals surface area contributed by atoms with E-state index in [1.54, 1.807) is 6.92 Å². The Labute approximate surface area is 187 Å². The van der Waals surface area contributed by atoms with E-state index in [1.165, 1.54) is 5.56 Å². The van der Waals surface area contributed by atoms with E-state index < -0.39 is 17.1 Å². The zero-order chi connectivity index (χ0) is 23.6. The molecule has 0 aliphatic carbocycles. The summed E-state index contributed by atoms with van der Waals surface area (Å²) >= 11 is 0. The van der Waals surface area contributed by atoms with E-state index in [4.69, 9.17) is 4.74 Å². The molecular weight excluding hydrogens is 412 g/mol. The zero-order valence-electron chi connectivity index (χ0n) is 19.1. The lowest BCUT2D eigenvalue weighted by molar-refractivity contribution is -0.757. The third-order valence-electron chi connectivity index (χ3n) is 6.00. The van der Waals surface area contributed by atoms with Crippen molar-refractivity contribution in [2.45, 2.75) is 59.0 Å². The van der Waals surface area contributed by atoms with Crippen molar-refractivity contribution in [1.29, 1.82) is 0 Å². The van der Waals surface area contributed by atoms with Crippen LogP contribution in [0.2, 0.25) is 0 Å². The maximum absolute atomic E-state index is 12.4. The molecule has 1 amide bonds. The number of ether oxygens (including phenoxy) is 1. The third kappa shape index (κ3) is 4.70. The van der Waals surface area contributed by atoms with Crippen LogP contribution in [0.25, 0.3) is 0 Å². The first-order valence-corrected chi connectivity index (χ1v) is 10.8. The molecule has 0 spiro atoms. The number of benzene rings is 2. The lowest BCUT2D eigenvalue weighted by Gasteiger charge is -2.22. The van der Waals surface area contributed by atoms with E-state index in [0.717, 1.165) is 22.3 Å². The lowest BCUT2D eigenvalue weighted by atomic mass is 9.84. The van der Waals surface area contributed by atoms with E-state index >= 15 is 0 Å². The normalized spacial score (nSPS) is 15.8. The van der Waals surface area contributed by atoms with Crippen molar-refractivity contribution in [2.75, 3.05) is 18.5 Å². The Morgan fingerprint density at radius 2 is 1.91 bits per heavy atom. The molecule has 0 saturated carbocycles. The topological polar surface area (TPSA) is 111 Å². The number of aliphatic hydroxyl groups is 1. The predicted molar refractivity (Wildman–Crippen MR) is 121 cm³/mol. The molecule has 0 radical (unpaired) electrons. The van der Waals surface area contributed by atoms with Crippen LogP contribution in [0.15, 0.2) is 24.3 Å². The Hall–Kier alpha value is -3.13. The highest BCUT2D eigenvalue weighted by Gasteiger charge is 2.34. The number of amides is 1. The van der Waals surface area contributed by atoms with Crippen LogP contribution >= 0.6 is 0 Å². The fourth-order valence-electron chi connectivity index (χ4n) is 4.34. The van der Waals surface area contributed by atoms with Gasteiger partial charge in [-0.15, -0.1) is 10.1 Å². The first-order valence-electron chi connectivity index (χ1n) is 10.8. The molecule has 0 bridgehead atoms. The molecule has 3 rings (SSSR count). The van der Waals surface area contributed by atoms with E-state index in [9.17, 15) is 20.0 Å². The van der Waals surface area contributed by atoms with Crippen LogP contribution in [0, 0.1) is 24.0 Å². The van der Waals surface area contributed by atoms with Gasteiger partial charge >= 0.3 is 0 Å². The number of aliphatic hydroxyl groups excluding tert-OH is 1. The number of rotatable bonds is 8. The molecule has 1 aliphatic rings. The van der Waals surface area contributed by atoms with Crippen molar-refractivity contribution >= 4 is 11.6 Å². The Bertz CT molecular complexity index is 1010. The van der Waals surface area contributed by atoms with Crippen molar-refractivity contribution in [3.8, 4) is 5.75 Å². The van der Waals surface area contributed by atoms with Gasteiger partial charge in [-0.25, -0.2) is 0 Å². The van der Waals surface area contributed by atoms with Gasteiger partial charge in [0.05, 0.1) is 19.1 Å². The molecule has 1 aliphatic heterocycles. The van der Waals surface area contributed by atoms with Crippen molar-refractivity contribution in [3.05, 3.63) is 67.8 Å². The summed E-state index contributed by atoms with van der Waals surface area (Å²) in [6.07, 6.45) is -0.947. The first-order chi connectivity index (χ1) is 15.1. The standard InChI is InChI=1S/C24H30N2O6/c1-13(2)17-6-8-18(9-7-17)19-12-31-24-21(16(5)27)14(3)23(15(4)22(19)24)25-20(28)10-11-32-26(29)30/h6-9,13,16,19,27H,10-12H2,1-5H3,(H,25,28)/t16-,19?/m1/s1. The summed E-state index contributed by atoms with van der Waals surface area (Å²) in [6.45, 7) is 9.84. The molecule has 172 valence electrons. The van der Waals surface area contributed by atoms with Gasteiger partial charge in [0, 0.05) is 22.7 Å². The van der Waals surface area contributed by atoms with Crippen LogP contribution in [0.3, 0.4) is 0 Å². The highest BCUT2D eigenvalue weighted by molar-refractivity contribution is 5.93. The van der Waals surface area contributed by atoms with Crippen molar-refractivity contribution in [3.63, 3.8) is 0 Å². The number of hydrogen-bond donors (Lipinski definition) is 2. The number of hydrogen-bond acceptors (Lipinski definition) is 6. The minimum atomic E-state index is -0.919. The van der Waals surface area contributed by atoms with E-state index in [0.29, 0.717) is 29.5 Å². The van der Waals surface area contributed by atoms with Gasteiger partial charge in [-0.05, 0) is 48.9 Å². The maximum atomic E-state index is 12.4. The van der Waals surface area contributed by atoms with Crippen LogP contribution in [0.5, 0.6) is 5.75 Å². The largest absolute Gasteiger partial charge is 0.492 e. The second-order valence-electron chi connectivity index (χ2n) is 8.50. The quantitative estimate of drug-likeness (QED) is 0.459. The number of fused-ring (bicyclic) bond motifs is 1. The smallest absolute Gasteiger partial charge is 0.294 e. The second kappa shape index (κ2) is 9.56. The molecule has 8 nitrogen and oxygen atoms in total. The lowest BCUT2D eigenvalue weighted by Crippen LogP contribution is -2.18. The Balaban J connectivity index is 2.00. The fraction of sp³-hybridized carbons (Fsp3) is 0.458. The highest BCUT2D eigenvalue weighted by atomic mass is 16.9. The molecule has 0 aromatic heterocycles. The van der Waals surface area contributed by atoms with Gasteiger partial charge in [0.2, 0.25) is 5.91 Å². The summed E-state index contributed by atoms with van der Waals surface area (Å²) in [6, 6.07) is 8.45. The predicted octanol–water partition coefficient (Wildman–Crippen LogP) is 4.54. The first kappa shape index (κ1) is 23.5. The summed E-state index contributed by atoms with van der Waals surface area (Å²) in [4.78, 5) is 27.0. The van der Waals surface area contributed by atoms with Crippen LogP contribution in [-0.2, 0) is 9.63 Å². The summed E-state index contributed by atoms with van der Waals surface area (Å²) in [5.74, 6) is 0.676. The monoisotopic (exact) mass is 442 g/mol. The molecular formula is C24H30N2O6. The molecule has 0 saturated heterocycles. The number of carbonyl (C=O) groups is 1. The third-order valence-corrected chi connectivity index (χ3v) is 6.00. The van der Waals surface area contributed by atoms with Crippen LogP contribution < -0.4 is 10.1 Å². The average molecular weight is 443 g/mol. The molecule has 1 unspecified atom stereocenters. The van der Waals surface area contributed by atoms with Gasteiger partial charge in [0.1, 0.15) is 12.4 Å². The van der Waals surface area contributed by atoms with E-state index in [-0.39, 0.29) is 18.9 Å². The van der Waals surface area contributed by atoms with Gasteiger partial charge < -0.3 is 20.0 Å². The molecule has 2 aromatic rings. The summed E-state index contributed by atoms with van der Waals surface area (Å²) in [7, 11) is 0. The van der Waals surface area contributed by atoms with Gasteiger partial charge in [-0.1, -0.05) is 38.1 Å². The molecule has 2 atom stereocenters. The Kier molecular flexibility index (Phi) is 7.03. The molecule has 2 aromatic carbocycles.